The van der Waals surface area contributed by atoms with E-state index in [1.54, 1.807) is 12.1 Å². The van der Waals surface area contributed by atoms with E-state index in [4.69, 9.17) is 0 Å². The van der Waals surface area contributed by atoms with Crippen LogP contribution in [-0.2, 0) is 6.54 Å². The number of anilines is 1. The minimum absolute atomic E-state index is 0.0502. The maximum atomic E-state index is 13.1. The van der Waals surface area contributed by atoms with Crippen molar-refractivity contribution in [1.82, 2.24) is 5.32 Å². The fourth-order valence-electron chi connectivity index (χ4n) is 1.94. The van der Waals surface area contributed by atoms with Gasteiger partial charge in [-0.2, -0.15) is 0 Å². The van der Waals surface area contributed by atoms with E-state index in [2.05, 4.69) is 10.6 Å². The van der Waals surface area contributed by atoms with Gasteiger partial charge in [-0.25, -0.2) is 8.78 Å². The van der Waals surface area contributed by atoms with Gasteiger partial charge in [-0.1, -0.05) is 25.1 Å². The monoisotopic (exact) mass is 290 g/mol. The molecule has 0 aliphatic rings. The predicted molar refractivity (Wildman–Crippen MR) is 78.1 cm³/mol. The van der Waals surface area contributed by atoms with Gasteiger partial charge < -0.3 is 10.6 Å². The Balaban J connectivity index is 2.19. The zero-order chi connectivity index (χ0) is 15.2. The number of para-hydroxylation sites is 1. The van der Waals surface area contributed by atoms with Crippen molar-refractivity contribution in [2.45, 2.75) is 13.5 Å². The average Bonchev–Trinajstić information content (AvgIpc) is 2.45. The maximum Gasteiger partial charge on any atom is 0.255 e. The van der Waals surface area contributed by atoms with Gasteiger partial charge in [0.25, 0.3) is 5.91 Å². The number of hydrogen-bond donors (Lipinski definition) is 2. The number of carbonyl (C=O) groups excluding carboxylic acids is 1. The first kappa shape index (κ1) is 15.1. The number of carbonyl (C=O) groups is 1. The molecule has 0 bridgehead atoms. The molecule has 1 amide bonds. The summed E-state index contributed by atoms with van der Waals surface area (Å²) in [6.45, 7) is 3.39. The molecule has 0 aromatic heterocycles. The van der Waals surface area contributed by atoms with Crippen LogP contribution < -0.4 is 10.6 Å². The van der Waals surface area contributed by atoms with Gasteiger partial charge in [0, 0.05) is 23.9 Å². The van der Waals surface area contributed by atoms with E-state index in [0.29, 0.717) is 12.2 Å². The van der Waals surface area contributed by atoms with Gasteiger partial charge in [-0.15, -0.1) is 0 Å². The molecule has 0 aliphatic carbocycles. The molecule has 0 fully saturated rings. The zero-order valence-corrected chi connectivity index (χ0v) is 11.6. The predicted octanol–water partition coefficient (Wildman–Crippen LogP) is 3.33. The molecule has 3 nitrogen and oxygen atoms in total. The van der Waals surface area contributed by atoms with Crippen LogP contribution in [0.1, 0.15) is 22.8 Å². The number of benzene rings is 2. The van der Waals surface area contributed by atoms with Gasteiger partial charge in [0.1, 0.15) is 11.6 Å². The maximum absolute atomic E-state index is 13.1. The van der Waals surface area contributed by atoms with Gasteiger partial charge >= 0.3 is 0 Å². The van der Waals surface area contributed by atoms with E-state index < -0.39 is 17.5 Å². The van der Waals surface area contributed by atoms with Crippen molar-refractivity contribution in [1.29, 1.82) is 0 Å². The lowest BCUT2D eigenvalue weighted by molar-refractivity contribution is 0.102. The minimum atomic E-state index is -0.777. The lowest BCUT2D eigenvalue weighted by atomic mass is 10.1. The SMILES string of the molecule is CCNCc1ccccc1NC(=O)c1cc(F)cc(F)c1. The standard InChI is InChI=1S/C16H16F2N2O/c1-2-19-10-11-5-3-4-6-15(11)20-16(21)12-7-13(17)9-14(18)8-12/h3-9,19H,2,10H2,1H3,(H,20,21). The minimum Gasteiger partial charge on any atom is -0.322 e. The molecule has 0 spiro atoms. The second-order valence-electron chi connectivity index (χ2n) is 4.55. The zero-order valence-electron chi connectivity index (χ0n) is 11.6. The molecule has 5 heteroatoms. The molecule has 0 heterocycles. The van der Waals surface area contributed by atoms with Gasteiger partial charge in [-0.3, -0.25) is 4.79 Å². The van der Waals surface area contributed by atoms with Crippen molar-refractivity contribution in [2.75, 3.05) is 11.9 Å². The summed E-state index contributed by atoms with van der Waals surface area (Å²) in [5, 5.41) is 5.84. The Morgan fingerprint density at radius 3 is 2.43 bits per heavy atom. The van der Waals surface area contributed by atoms with Crippen molar-refractivity contribution in [3.8, 4) is 0 Å². The Kier molecular flexibility index (Phi) is 5.00. The number of nitrogens with one attached hydrogen (secondary N) is 2. The third kappa shape index (κ3) is 4.10. The van der Waals surface area contributed by atoms with Crippen molar-refractivity contribution in [3.63, 3.8) is 0 Å². The molecule has 0 unspecified atom stereocenters. The first-order valence-corrected chi connectivity index (χ1v) is 6.66. The molecule has 2 aromatic rings. The number of hydrogen-bond acceptors (Lipinski definition) is 2. The Hall–Kier alpha value is -2.27. The van der Waals surface area contributed by atoms with E-state index in [1.807, 2.05) is 19.1 Å². The molecular weight excluding hydrogens is 274 g/mol. The van der Waals surface area contributed by atoms with E-state index in [0.717, 1.165) is 30.3 Å². The van der Waals surface area contributed by atoms with Crippen LogP contribution in [0.25, 0.3) is 0 Å². The molecular formula is C16H16F2N2O. The van der Waals surface area contributed by atoms with Gasteiger partial charge in [0.15, 0.2) is 0 Å². The van der Waals surface area contributed by atoms with Crippen molar-refractivity contribution < 1.29 is 13.6 Å². The van der Waals surface area contributed by atoms with Gasteiger partial charge in [0.2, 0.25) is 0 Å². The second kappa shape index (κ2) is 6.95. The third-order valence-electron chi connectivity index (χ3n) is 2.96. The topological polar surface area (TPSA) is 41.1 Å². The van der Waals surface area contributed by atoms with E-state index >= 15 is 0 Å². The van der Waals surface area contributed by atoms with Crippen LogP contribution in [0.2, 0.25) is 0 Å². The number of amides is 1. The normalized spacial score (nSPS) is 10.4. The Morgan fingerprint density at radius 1 is 1.10 bits per heavy atom. The highest BCUT2D eigenvalue weighted by Gasteiger charge is 2.11. The molecule has 2 rings (SSSR count). The fraction of sp³-hybridized carbons (Fsp3) is 0.188. The van der Waals surface area contributed by atoms with Crippen molar-refractivity contribution in [2.24, 2.45) is 0 Å². The van der Waals surface area contributed by atoms with Gasteiger partial charge in [0.05, 0.1) is 0 Å². The molecule has 0 radical (unpaired) electrons. The largest absolute Gasteiger partial charge is 0.322 e. The third-order valence-corrected chi connectivity index (χ3v) is 2.96. The van der Waals surface area contributed by atoms with Crippen molar-refractivity contribution >= 4 is 11.6 Å². The Labute approximate surface area is 122 Å². The highest BCUT2D eigenvalue weighted by Crippen LogP contribution is 2.17. The van der Waals surface area contributed by atoms with Crippen molar-refractivity contribution in [3.05, 3.63) is 65.2 Å². The first-order chi connectivity index (χ1) is 10.1. The second-order valence-corrected chi connectivity index (χ2v) is 4.55. The number of halogens is 2. The average molecular weight is 290 g/mol. The summed E-state index contributed by atoms with van der Waals surface area (Å²) in [4.78, 5) is 12.1. The van der Waals surface area contributed by atoms with Crippen LogP contribution in [0.4, 0.5) is 14.5 Å². The molecule has 0 saturated carbocycles. The van der Waals surface area contributed by atoms with Gasteiger partial charge in [-0.05, 0) is 30.3 Å². The fourth-order valence-corrected chi connectivity index (χ4v) is 1.94. The lowest BCUT2D eigenvalue weighted by Gasteiger charge is -2.11. The molecule has 0 atom stereocenters. The number of rotatable bonds is 5. The summed E-state index contributed by atoms with van der Waals surface area (Å²) in [6, 6.07) is 10.0. The highest BCUT2D eigenvalue weighted by atomic mass is 19.1. The first-order valence-electron chi connectivity index (χ1n) is 6.66. The smallest absolute Gasteiger partial charge is 0.255 e. The summed E-state index contributed by atoms with van der Waals surface area (Å²) < 4.78 is 26.3. The molecule has 110 valence electrons. The van der Waals surface area contributed by atoms with E-state index in [-0.39, 0.29) is 5.56 Å². The van der Waals surface area contributed by atoms with Crippen LogP contribution in [0.5, 0.6) is 0 Å². The molecule has 2 aromatic carbocycles. The quantitative estimate of drug-likeness (QED) is 0.887. The summed E-state index contributed by atoms with van der Waals surface area (Å²) in [7, 11) is 0. The Morgan fingerprint density at radius 2 is 1.76 bits per heavy atom. The van der Waals surface area contributed by atoms with Crippen LogP contribution in [-0.4, -0.2) is 12.5 Å². The molecule has 0 saturated heterocycles. The van der Waals surface area contributed by atoms with E-state index in [9.17, 15) is 13.6 Å². The molecule has 21 heavy (non-hydrogen) atoms. The summed E-state index contributed by atoms with van der Waals surface area (Å²) in [6.07, 6.45) is 0. The molecule has 2 N–H and O–H groups in total. The lowest BCUT2D eigenvalue weighted by Crippen LogP contribution is -2.17. The van der Waals surface area contributed by atoms with Crippen LogP contribution in [0, 0.1) is 11.6 Å². The highest BCUT2D eigenvalue weighted by molar-refractivity contribution is 6.04. The Bertz CT molecular complexity index is 624. The summed E-state index contributed by atoms with van der Waals surface area (Å²) in [5.41, 5.74) is 1.48. The van der Waals surface area contributed by atoms with Crippen LogP contribution in [0.15, 0.2) is 42.5 Å². The van der Waals surface area contributed by atoms with Crippen LogP contribution >= 0.6 is 0 Å². The summed E-state index contributed by atoms with van der Waals surface area (Å²) in [5.74, 6) is -2.10. The van der Waals surface area contributed by atoms with E-state index in [1.165, 1.54) is 0 Å². The summed E-state index contributed by atoms with van der Waals surface area (Å²) >= 11 is 0. The van der Waals surface area contributed by atoms with Crippen LogP contribution in [0.3, 0.4) is 0 Å². The molecule has 0 aliphatic heterocycles.